The Morgan fingerprint density at radius 2 is 2.15 bits per heavy atom. The quantitative estimate of drug-likeness (QED) is 0.676. The Morgan fingerprint density at radius 1 is 1.30 bits per heavy atom. The molecule has 7 heteroatoms. The number of thiazole rings is 1. The van der Waals surface area contributed by atoms with E-state index in [-0.39, 0.29) is 12.5 Å². The molecule has 0 saturated carbocycles. The average molecular weight is 382 g/mol. The number of pyridine rings is 1. The first kappa shape index (κ1) is 19.0. The zero-order chi connectivity index (χ0) is 19.2. The zero-order valence-corrected chi connectivity index (χ0v) is 16.4. The molecule has 0 atom stereocenters. The van der Waals surface area contributed by atoms with Gasteiger partial charge < -0.3 is 10.1 Å². The summed E-state index contributed by atoms with van der Waals surface area (Å²) in [5.74, 6) is 1.28. The lowest BCUT2D eigenvalue weighted by Crippen LogP contribution is -2.30. The summed E-state index contributed by atoms with van der Waals surface area (Å²) in [4.78, 5) is 22.9. The van der Waals surface area contributed by atoms with Crippen molar-refractivity contribution in [3.63, 3.8) is 0 Å². The van der Waals surface area contributed by atoms with Gasteiger partial charge in [0.15, 0.2) is 0 Å². The number of anilines is 1. The predicted molar refractivity (Wildman–Crippen MR) is 108 cm³/mol. The molecule has 0 saturated heterocycles. The molecule has 1 aromatic carbocycles. The number of hydrogen-bond donors (Lipinski definition) is 1. The van der Waals surface area contributed by atoms with Gasteiger partial charge in [-0.1, -0.05) is 12.1 Å². The number of methoxy groups -OCH3 is 1. The first-order chi connectivity index (χ1) is 13.0. The molecule has 27 heavy (non-hydrogen) atoms. The van der Waals surface area contributed by atoms with Crippen molar-refractivity contribution in [2.24, 2.45) is 0 Å². The molecule has 0 fully saturated rings. The third-order valence-corrected chi connectivity index (χ3v) is 4.84. The molecule has 0 aliphatic rings. The molecule has 0 radical (unpaired) electrons. The third kappa shape index (κ3) is 5.35. The van der Waals surface area contributed by atoms with Crippen LogP contribution in [0.15, 0.2) is 48.0 Å². The van der Waals surface area contributed by atoms with Crippen LogP contribution < -0.4 is 10.1 Å². The fraction of sp³-hybridized carbons (Fsp3) is 0.250. The lowest BCUT2D eigenvalue weighted by Gasteiger charge is -2.14. The van der Waals surface area contributed by atoms with Gasteiger partial charge in [0.05, 0.1) is 19.3 Å². The number of amides is 1. The highest BCUT2D eigenvalue weighted by Crippen LogP contribution is 2.27. The highest BCUT2D eigenvalue weighted by molar-refractivity contribution is 7.13. The lowest BCUT2D eigenvalue weighted by atomic mass is 10.2. The Balaban J connectivity index is 1.57. The van der Waals surface area contributed by atoms with Crippen LogP contribution in [0, 0.1) is 6.92 Å². The molecule has 3 aromatic rings. The van der Waals surface area contributed by atoms with Crippen molar-refractivity contribution < 1.29 is 9.53 Å². The van der Waals surface area contributed by atoms with Gasteiger partial charge >= 0.3 is 0 Å². The first-order valence-electron chi connectivity index (χ1n) is 8.53. The Bertz CT molecular complexity index is 926. The first-order valence-corrected chi connectivity index (χ1v) is 9.41. The minimum atomic E-state index is -0.0983. The van der Waals surface area contributed by atoms with Crippen LogP contribution in [0.2, 0.25) is 0 Å². The Labute approximate surface area is 162 Å². The van der Waals surface area contributed by atoms with E-state index in [1.807, 2.05) is 60.6 Å². The van der Waals surface area contributed by atoms with Crippen LogP contribution in [0.25, 0.3) is 10.6 Å². The van der Waals surface area contributed by atoms with Gasteiger partial charge in [-0.15, -0.1) is 11.3 Å². The highest BCUT2D eigenvalue weighted by atomic mass is 32.1. The van der Waals surface area contributed by atoms with Crippen LogP contribution in [0.3, 0.4) is 0 Å². The van der Waals surface area contributed by atoms with E-state index in [1.54, 1.807) is 24.6 Å². The molecule has 6 nitrogen and oxygen atoms in total. The van der Waals surface area contributed by atoms with Crippen LogP contribution in [0.1, 0.15) is 11.3 Å². The van der Waals surface area contributed by atoms with Crippen molar-refractivity contribution in [1.82, 2.24) is 14.9 Å². The van der Waals surface area contributed by atoms with E-state index in [1.165, 1.54) is 0 Å². The molecule has 1 N–H and O–H groups in total. The van der Waals surface area contributed by atoms with Gasteiger partial charge in [-0.2, -0.15) is 0 Å². The number of rotatable bonds is 7. The predicted octanol–water partition coefficient (Wildman–Crippen LogP) is 3.59. The topological polar surface area (TPSA) is 67.3 Å². The standard InChI is InChI=1S/C20H22N4O2S/c1-14-7-8-21-18(9-14)23-19(25)12-24(2)11-16-13-27-20(22-16)15-5-4-6-17(10-15)26-3/h4-10,13H,11-12H2,1-3H3,(H,21,23,25). The lowest BCUT2D eigenvalue weighted by molar-refractivity contribution is -0.117. The molecule has 0 bridgehead atoms. The van der Waals surface area contributed by atoms with Crippen LogP contribution in [-0.4, -0.2) is 41.5 Å². The van der Waals surface area contributed by atoms with E-state index in [9.17, 15) is 4.79 Å². The van der Waals surface area contributed by atoms with E-state index in [2.05, 4.69) is 15.3 Å². The van der Waals surface area contributed by atoms with Crippen LogP contribution >= 0.6 is 11.3 Å². The number of ether oxygens (including phenoxy) is 1. The summed E-state index contributed by atoms with van der Waals surface area (Å²) in [6.07, 6.45) is 1.68. The summed E-state index contributed by atoms with van der Waals surface area (Å²) < 4.78 is 5.27. The van der Waals surface area contributed by atoms with Crippen molar-refractivity contribution in [3.8, 4) is 16.3 Å². The number of nitrogens with zero attached hydrogens (tertiary/aromatic N) is 3. The van der Waals surface area contributed by atoms with Crippen molar-refractivity contribution in [1.29, 1.82) is 0 Å². The maximum absolute atomic E-state index is 12.2. The van der Waals surface area contributed by atoms with E-state index >= 15 is 0 Å². The molecule has 3 rings (SSSR count). The molecule has 140 valence electrons. The third-order valence-electron chi connectivity index (χ3n) is 3.90. The minimum Gasteiger partial charge on any atom is -0.497 e. The maximum Gasteiger partial charge on any atom is 0.239 e. The monoisotopic (exact) mass is 382 g/mol. The van der Waals surface area contributed by atoms with Crippen molar-refractivity contribution in [3.05, 3.63) is 59.2 Å². The summed E-state index contributed by atoms with van der Waals surface area (Å²) in [7, 11) is 3.55. The number of nitrogens with one attached hydrogen (secondary N) is 1. The summed E-state index contributed by atoms with van der Waals surface area (Å²) in [5, 5.41) is 5.77. The Hall–Kier alpha value is -2.77. The second-order valence-electron chi connectivity index (χ2n) is 6.31. The second-order valence-corrected chi connectivity index (χ2v) is 7.17. The molecular weight excluding hydrogens is 360 g/mol. The normalized spacial score (nSPS) is 10.8. The van der Waals surface area contributed by atoms with Gasteiger partial charge in [-0.25, -0.2) is 9.97 Å². The Kier molecular flexibility index (Phi) is 6.16. The number of aromatic nitrogens is 2. The maximum atomic E-state index is 12.2. The van der Waals surface area contributed by atoms with Gasteiger partial charge in [0.25, 0.3) is 0 Å². The van der Waals surface area contributed by atoms with E-state index < -0.39 is 0 Å². The minimum absolute atomic E-state index is 0.0983. The molecule has 2 aromatic heterocycles. The number of hydrogen-bond acceptors (Lipinski definition) is 6. The van der Waals surface area contributed by atoms with E-state index in [0.717, 1.165) is 27.6 Å². The number of carbonyl (C=O) groups is 1. The highest BCUT2D eigenvalue weighted by Gasteiger charge is 2.11. The van der Waals surface area contributed by atoms with Gasteiger partial charge in [-0.3, -0.25) is 9.69 Å². The number of likely N-dealkylation sites (N-methyl/N-ethyl adjacent to an activating group) is 1. The molecule has 0 aliphatic heterocycles. The van der Waals surface area contributed by atoms with E-state index in [0.29, 0.717) is 12.4 Å². The smallest absolute Gasteiger partial charge is 0.239 e. The molecule has 2 heterocycles. The van der Waals surface area contributed by atoms with E-state index in [4.69, 9.17) is 4.74 Å². The fourth-order valence-electron chi connectivity index (χ4n) is 2.63. The summed E-state index contributed by atoms with van der Waals surface area (Å²) in [6.45, 7) is 2.82. The number of benzene rings is 1. The van der Waals surface area contributed by atoms with Gasteiger partial charge in [0.2, 0.25) is 5.91 Å². The molecule has 1 amide bonds. The van der Waals surface area contributed by atoms with Crippen LogP contribution in [-0.2, 0) is 11.3 Å². The van der Waals surface area contributed by atoms with Crippen LogP contribution in [0.4, 0.5) is 5.82 Å². The molecular formula is C20H22N4O2S. The largest absolute Gasteiger partial charge is 0.497 e. The van der Waals surface area contributed by atoms with Crippen molar-refractivity contribution in [2.75, 3.05) is 26.0 Å². The summed E-state index contributed by atoms with van der Waals surface area (Å²) in [5.41, 5.74) is 3.01. The van der Waals surface area contributed by atoms with Crippen LogP contribution in [0.5, 0.6) is 5.75 Å². The van der Waals surface area contributed by atoms with Crippen molar-refractivity contribution in [2.45, 2.75) is 13.5 Å². The SMILES string of the molecule is COc1cccc(-c2nc(CN(C)CC(=O)Nc3cc(C)ccn3)cs2)c1. The van der Waals surface area contributed by atoms with Gasteiger partial charge in [0.1, 0.15) is 16.6 Å². The fourth-order valence-corrected chi connectivity index (χ4v) is 3.44. The van der Waals surface area contributed by atoms with Crippen molar-refractivity contribution >= 4 is 23.1 Å². The molecule has 0 spiro atoms. The molecule has 0 unspecified atom stereocenters. The van der Waals surface area contributed by atoms with Gasteiger partial charge in [0, 0.05) is 23.7 Å². The average Bonchev–Trinajstić information content (AvgIpc) is 3.10. The Morgan fingerprint density at radius 3 is 2.93 bits per heavy atom. The zero-order valence-electron chi connectivity index (χ0n) is 15.6. The number of aryl methyl sites for hydroxylation is 1. The van der Waals surface area contributed by atoms with Gasteiger partial charge in [-0.05, 0) is 43.8 Å². The summed E-state index contributed by atoms with van der Waals surface area (Å²) in [6, 6.07) is 11.6. The molecule has 0 aliphatic carbocycles. The second kappa shape index (κ2) is 8.75. The number of carbonyl (C=O) groups excluding carboxylic acids is 1. The summed E-state index contributed by atoms with van der Waals surface area (Å²) >= 11 is 1.58.